The summed E-state index contributed by atoms with van der Waals surface area (Å²) in [6.45, 7) is 0. The summed E-state index contributed by atoms with van der Waals surface area (Å²) >= 11 is 7.62. The van der Waals surface area contributed by atoms with E-state index in [1.807, 2.05) is 41.3 Å². The number of sulfonamides is 1. The molecule has 0 N–H and O–H groups in total. The molecule has 9 heteroatoms. The van der Waals surface area contributed by atoms with Crippen LogP contribution in [0.2, 0.25) is 5.02 Å². The van der Waals surface area contributed by atoms with E-state index < -0.39 is 10.0 Å². The molecule has 3 rings (SSSR count). The fraction of sp³-hybridized carbons (Fsp3) is 0.211. The number of hydrogen-bond acceptors (Lipinski definition) is 5. The lowest BCUT2D eigenvalue weighted by molar-refractivity contribution is 0.415. The molecule has 0 aliphatic rings. The Balaban J connectivity index is 2.06. The van der Waals surface area contributed by atoms with Crippen LogP contribution in [0.1, 0.15) is 0 Å². The molecule has 3 aromatic rings. The lowest BCUT2D eigenvalue weighted by Gasteiger charge is -2.14. The van der Waals surface area contributed by atoms with Gasteiger partial charge in [-0.15, -0.1) is 11.3 Å². The second-order valence-electron chi connectivity index (χ2n) is 6.20. The Morgan fingerprint density at radius 1 is 1.14 bits per heavy atom. The van der Waals surface area contributed by atoms with Crippen molar-refractivity contribution in [3.8, 4) is 17.0 Å². The summed E-state index contributed by atoms with van der Waals surface area (Å²) in [5, 5.41) is 2.14. The first-order chi connectivity index (χ1) is 13.2. The summed E-state index contributed by atoms with van der Waals surface area (Å²) in [6.07, 6.45) is 0. The van der Waals surface area contributed by atoms with Gasteiger partial charge in [-0.1, -0.05) is 17.7 Å². The number of methoxy groups -OCH3 is 1. The zero-order valence-corrected chi connectivity index (χ0v) is 18.3. The van der Waals surface area contributed by atoms with Crippen LogP contribution in [0.3, 0.4) is 0 Å². The third-order valence-corrected chi connectivity index (χ3v) is 7.42. The Kier molecular flexibility index (Phi) is 5.95. The zero-order valence-electron chi connectivity index (χ0n) is 15.9. The van der Waals surface area contributed by atoms with Gasteiger partial charge in [0.15, 0.2) is 4.80 Å². The normalized spacial score (nSPS) is 12.6. The molecule has 0 unspecified atom stereocenters. The summed E-state index contributed by atoms with van der Waals surface area (Å²) in [6, 6.07) is 12.5. The van der Waals surface area contributed by atoms with Crippen molar-refractivity contribution < 1.29 is 13.2 Å². The van der Waals surface area contributed by atoms with Crippen LogP contribution in [-0.4, -0.2) is 38.5 Å². The van der Waals surface area contributed by atoms with Gasteiger partial charge < -0.3 is 9.30 Å². The predicted molar refractivity (Wildman–Crippen MR) is 113 cm³/mol. The average Bonchev–Trinajstić information content (AvgIpc) is 3.03. The average molecular weight is 438 g/mol. The van der Waals surface area contributed by atoms with Crippen molar-refractivity contribution in [2.24, 2.45) is 12.0 Å². The number of aromatic nitrogens is 1. The molecule has 1 aromatic heterocycles. The van der Waals surface area contributed by atoms with Gasteiger partial charge >= 0.3 is 0 Å². The van der Waals surface area contributed by atoms with E-state index >= 15 is 0 Å². The zero-order chi connectivity index (χ0) is 20.5. The first-order valence-electron chi connectivity index (χ1n) is 8.30. The molecule has 0 fully saturated rings. The number of benzene rings is 2. The largest absolute Gasteiger partial charge is 0.497 e. The summed E-state index contributed by atoms with van der Waals surface area (Å²) in [7, 11) is 2.83. The molecule has 0 bridgehead atoms. The quantitative estimate of drug-likeness (QED) is 0.608. The maximum Gasteiger partial charge on any atom is 0.244 e. The highest BCUT2D eigenvalue weighted by Gasteiger charge is 2.22. The molecule has 148 valence electrons. The number of thiazole rings is 1. The molecule has 0 atom stereocenters. The predicted octanol–water partition coefficient (Wildman–Crippen LogP) is 3.90. The Hall–Kier alpha value is -2.13. The van der Waals surface area contributed by atoms with Gasteiger partial charge in [0.05, 0.1) is 23.5 Å². The summed E-state index contributed by atoms with van der Waals surface area (Å²) in [5.74, 6) is 0.769. The van der Waals surface area contributed by atoms with Crippen molar-refractivity contribution in [3.05, 3.63) is 57.7 Å². The first kappa shape index (κ1) is 20.6. The Morgan fingerprint density at radius 3 is 2.43 bits per heavy atom. The van der Waals surface area contributed by atoms with Crippen molar-refractivity contribution in [2.75, 3.05) is 21.2 Å². The minimum Gasteiger partial charge on any atom is -0.497 e. The van der Waals surface area contributed by atoms with Gasteiger partial charge in [0.2, 0.25) is 10.0 Å². The molecule has 28 heavy (non-hydrogen) atoms. The molecule has 1 heterocycles. The van der Waals surface area contributed by atoms with Crippen molar-refractivity contribution >= 4 is 38.6 Å². The van der Waals surface area contributed by atoms with Crippen molar-refractivity contribution in [1.82, 2.24) is 8.87 Å². The fourth-order valence-corrected chi connectivity index (χ4v) is 4.88. The van der Waals surface area contributed by atoms with Gasteiger partial charge in [0, 0.05) is 32.1 Å². The first-order valence-corrected chi connectivity index (χ1v) is 11.0. The molecule has 0 saturated heterocycles. The van der Waals surface area contributed by atoms with Crippen LogP contribution in [0, 0.1) is 0 Å². The number of hydrogen-bond donors (Lipinski definition) is 0. The van der Waals surface area contributed by atoms with E-state index in [9.17, 15) is 8.42 Å². The fourth-order valence-electron chi connectivity index (χ4n) is 2.56. The molecular formula is C19H20ClN3O3S2. The van der Waals surface area contributed by atoms with Crippen LogP contribution < -0.4 is 9.54 Å². The molecule has 0 saturated carbocycles. The minimum atomic E-state index is -3.64. The maximum absolute atomic E-state index is 12.5. The molecule has 0 aliphatic carbocycles. The standard InChI is InChI=1S/C19H20ClN3O3S2/c1-22(2)28(24,25)18-11-13(5-10-16(18)20)17-12-27-19(23(17)3)21-14-6-8-15(26-4)9-7-14/h5-12H,1-4H3/b21-19+. The van der Waals surface area contributed by atoms with Crippen LogP contribution in [-0.2, 0) is 17.1 Å². The van der Waals surface area contributed by atoms with Crippen LogP contribution >= 0.6 is 22.9 Å². The van der Waals surface area contributed by atoms with Gasteiger partial charge in [-0.25, -0.2) is 17.7 Å². The van der Waals surface area contributed by atoms with E-state index in [4.69, 9.17) is 16.3 Å². The smallest absolute Gasteiger partial charge is 0.244 e. The van der Waals surface area contributed by atoms with Crippen LogP contribution in [0.4, 0.5) is 5.69 Å². The molecule has 6 nitrogen and oxygen atoms in total. The van der Waals surface area contributed by atoms with Crippen LogP contribution in [0.25, 0.3) is 11.3 Å². The monoisotopic (exact) mass is 437 g/mol. The lowest BCUT2D eigenvalue weighted by Crippen LogP contribution is -2.22. The van der Waals surface area contributed by atoms with E-state index in [0.29, 0.717) is 0 Å². The Labute approximate surface area is 173 Å². The van der Waals surface area contributed by atoms with Crippen molar-refractivity contribution in [2.45, 2.75) is 4.90 Å². The SMILES string of the molecule is COc1ccc(/N=c2/scc(-c3ccc(Cl)c(S(=O)(=O)N(C)C)c3)n2C)cc1. The van der Waals surface area contributed by atoms with E-state index in [-0.39, 0.29) is 9.92 Å². The van der Waals surface area contributed by atoms with Gasteiger partial charge in [-0.05, 0) is 36.4 Å². The molecule has 2 aromatic carbocycles. The highest BCUT2D eigenvalue weighted by atomic mass is 35.5. The second kappa shape index (κ2) is 8.08. The summed E-state index contributed by atoms with van der Waals surface area (Å²) < 4.78 is 33.3. The molecule has 0 aliphatic heterocycles. The summed E-state index contributed by atoms with van der Waals surface area (Å²) in [5.41, 5.74) is 2.40. The Morgan fingerprint density at radius 2 is 1.82 bits per heavy atom. The number of halogens is 1. The highest BCUT2D eigenvalue weighted by molar-refractivity contribution is 7.89. The molecule has 0 spiro atoms. The molecule has 0 radical (unpaired) electrons. The van der Waals surface area contributed by atoms with Gasteiger partial charge in [-0.2, -0.15) is 0 Å². The summed E-state index contributed by atoms with van der Waals surface area (Å²) in [4.78, 5) is 5.52. The van der Waals surface area contributed by atoms with Gasteiger partial charge in [0.25, 0.3) is 0 Å². The number of ether oxygens (including phenoxy) is 1. The molecule has 0 amide bonds. The molecular weight excluding hydrogens is 418 g/mol. The van der Waals surface area contributed by atoms with Gasteiger partial charge in [-0.3, -0.25) is 0 Å². The third-order valence-electron chi connectivity index (χ3n) is 4.21. The highest BCUT2D eigenvalue weighted by Crippen LogP contribution is 2.29. The van der Waals surface area contributed by atoms with Crippen molar-refractivity contribution in [3.63, 3.8) is 0 Å². The van der Waals surface area contributed by atoms with Crippen LogP contribution in [0.15, 0.2) is 57.7 Å². The number of rotatable bonds is 5. The second-order valence-corrected chi connectivity index (χ2v) is 9.57. The van der Waals surface area contributed by atoms with E-state index in [0.717, 1.165) is 31.8 Å². The maximum atomic E-state index is 12.5. The van der Waals surface area contributed by atoms with E-state index in [1.165, 1.54) is 25.4 Å². The topological polar surface area (TPSA) is 63.9 Å². The lowest BCUT2D eigenvalue weighted by atomic mass is 10.2. The van der Waals surface area contributed by atoms with Gasteiger partial charge in [0.1, 0.15) is 10.6 Å². The Bertz CT molecular complexity index is 1160. The van der Waals surface area contributed by atoms with Crippen molar-refractivity contribution in [1.29, 1.82) is 0 Å². The third kappa shape index (κ3) is 4.00. The number of nitrogens with zero attached hydrogens (tertiary/aromatic N) is 3. The van der Waals surface area contributed by atoms with E-state index in [2.05, 4.69) is 4.99 Å². The minimum absolute atomic E-state index is 0.0801. The van der Waals surface area contributed by atoms with Crippen LogP contribution in [0.5, 0.6) is 5.75 Å². The van der Waals surface area contributed by atoms with E-state index in [1.54, 1.807) is 25.3 Å².